The van der Waals surface area contributed by atoms with Crippen molar-refractivity contribution >= 4 is 16.9 Å². The number of fused-ring (bicyclic) bond motifs is 1. The first-order chi connectivity index (χ1) is 13.3. The number of carbonyl (C=O) groups is 1. The summed E-state index contributed by atoms with van der Waals surface area (Å²) >= 11 is 0. The Hall–Kier alpha value is -2.83. The lowest BCUT2D eigenvalue weighted by atomic mass is 10.0. The van der Waals surface area contributed by atoms with Crippen molar-refractivity contribution in [2.24, 2.45) is 0 Å². The Morgan fingerprint density at radius 2 is 1.89 bits per heavy atom. The minimum Gasteiger partial charge on any atom is -0.465 e. The van der Waals surface area contributed by atoms with Crippen LogP contribution in [0.25, 0.3) is 10.9 Å². The maximum atomic E-state index is 13.4. The summed E-state index contributed by atoms with van der Waals surface area (Å²) < 4.78 is 60.3. The molecule has 7 heteroatoms. The van der Waals surface area contributed by atoms with Gasteiger partial charge in [-0.1, -0.05) is 6.07 Å². The number of esters is 1. The summed E-state index contributed by atoms with van der Waals surface area (Å²) in [4.78, 5) is 11.8. The zero-order valence-corrected chi connectivity index (χ0v) is 15.0. The van der Waals surface area contributed by atoms with Crippen LogP contribution in [0, 0.1) is 5.82 Å². The zero-order valence-electron chi connectivity index (χ0n) is 15.0. The van der Waals surface area contributed by atoms with Crippen LogP contribution in [0.2, 0.25) is 0 Å². The topological polar surface area (TPSA) is 31.2 Å². The van der Waals surface area contributed by atoms with Crippen molar-refractivity contribution in [3.63, 3.8) is 0 Å². The number of benzene rings is 2. The lowest BCUT2D eigenvalue weighted by Gasteiger charge is -2.15. The summed E-state index contributed by atoms with van der Waals surface area (Å²) in [5, 5.41) is 0.764. The second kappa shape index (κ2) is 6.65. The van der Waals surface area contributed by atoms with Gasteiger partial charge in [0.2, 0.25) is 0 Å². The molecule has 3 nitrogen and oxygen atoms in total. The molecule has 0 unspecified atom stereocenters. The Morgan fingerprint density at radius 3 is 2.54 bits per heavy atom. The number of alkyl halides is 3. The fourth-order valence-corrected chi connectivity index (χ4v) is 3.60. The van der Waals surface area contributed by atoms with Gasteiger partial charge >= 0.3 is 12.1 Å². The molecule has 1 heterocycles. The Bertz CT molecular complexity index is 1060. The third-order valence-electron chi connectivity index (χ3n) is 5.00. The van der Waals surface area contributed by atoms with Gasteiger partial charge in [0.1, 0.15) is 5.82 Å². The first-order valence-electron chi connectivity index (χ1n) is 8.85. The standard InChI is InChI=1S/C21H17F4NO2/c1-28-20(27)13-3-7-19-14(8-13)10-17(26(19)16-5-6-16)9-12-2-4-15(22)11-18(12)21(23,24)25/h2-4,7-8,10-11,16H,5-6,9H2,1H3. The maximum absolute atomic E-state index is 13.4. The lowest BCUT2D eigenvalue weighted by molar-refractivity contribution is -0.138. The third kappa shape index (κ3) is 3.37. The number of halogens is 4. The number of hydrogen-bond donors (Lipinski definition) is 0. The predicted octanol–water partition coefficient (Wildman–Crippen LogP) is 5.51. The van der Waals surface area contributed by atoms with E-state index >= 15 is 0 Å². The second-order valence-corrected chi connectivity index (χ2v) is 6.98. The molecule has 0 N–H and O–H groups in total. The molecule has 0 amide bonds. The molecule has 1 saturated carbocycles. The molecule has 1 aliphatic carbocycles. The molecular formula is C21H17F4NO2. The summed E-state index contributed by atoms with van der Waals surface area (Å²) in [5.41, 5.74) is 1.01. The van der Waals surface area contributed by atoms with Gasteiger partial charge in [-0.3, -0.25) is 0 Å². The van der Waals surface area contributed by atoms with Crippen molar-refractivity contribution in [1.82, 2.24) is 4.57 Å². The molecule has 0 spiro atoms. The van der Waals surface area contributed by atoms with Gasteiger partial charge in [-0.05, 0) is 54.8 Å². The molecule has 0 bridgehead atoms. The van der Waals surface area contributed by atoms with Crippen LogP contribution in [0.3, 0.4) is 0 Å². The smallest absolute Gasteiger partial charge is 0.416 e. The van der Waals surface area contributed by atoms with Gasteiger partial charge < -0.3 is 9.30 Å². The van der Waals surface area contributed by atoms with E-state index in [2.05, 4.69) is 0 Å². The van der Waals surface area contributed by atoms with Gasteiger partial charge in [-0.15, -0.1) is 0 Å². The fourth-order valence-electron chi connectivity index (χ4n) is 3.60. The Morgan fingerprint density at radius 1 is 1.14 bits per heavy atom. The van der Waals surface area contributed by atoms with E-state index in [-0.39, 0.29) is 18.0 Å². The van der Waals surface area contributed by atoms with Gasteiger partial charge in [0.05, 0.1) is 18.2 Å². The van der Waals surface area contributed by atoms with Crippen molar-refractivity contribution in [1.29, 1.82) is 0 Å². The molecule has 1 fully saturated rings. The highest BCUT2D eigenvalue weighted by Crippen LogP contribution is 2.41. The van der Waals surface area contributed by atoms with Crippen LogP contribution >= 0.6 is 0 Å². The van der Waals surface area contributed by atoms with Crippen molar-refractivity contribution in [3.8, 4) is 0 Å². The van der Waals surface area contributed by atoms with Crippen LogP contribution in [-0.2, 0) is 17.3 Å². The van der Waals surface area contributed by atoms with Crippen molar-refractivity contribution < 1.29 is 27.1 Å². The molecule has 0 atom stereocenters. The molecule has 0 aliphatic heterocycles. The highest BCUT2D eigenvalue weighted by Gasteiger charge is 2.34. The molecular weight excluding hydrogens is 374 g/mol. The second-order valence-electron chi connectivity index (χ2n) is 6.98. The van der Waals surface area contributed by atoms with Crippen molar-refractivity contribution in [3.05, 3.63) is 70.7 Å². The maximum Gasteiger partial charge on any atom is 0.416 e. The van der Waals surface area contributed by atoms with Crippen LogP contribution in [0.1, 0.15) is 46.1 Å². The van der Waals surface area contributed by atoms with Crippen LogP contribution in [0.5, 0.6) is 0 Å². The third-order valence-corrected chi connectivity index (χ3v) is 5.00. The van der Waals surface area contributed by atoms with Crippen LogP contribution in [0.15, 0.2) is 42.5 Å². The quantitative estimate of drug-likeness (QED) is 0.434. The summed E-state index contributed by atoms with van der Waals surface area (Å²) in [7, 11) is 1.29. The molecule has 28 heavy (non-hydrogen) atoms. The largest absolute Gasteiger partial charge is 0.465 e. The Labute approximate surface area is 158 Å². The SMILES string of the molecule is COC(=O)c1ccc2c(c1)cc(Cc1ccc(F)cc1C(F)(F)F)n2C1CC1. The minimum absolute atomic E-state index is 0.0202. The van der Waals surface area contributed by atoms with E-state index in [4.69, 9.17) is 4.74 Å². The number of carbonyl (C=O) groups excluding carboxylic acids is 1. The zero-order chi connectivity index (χ0) is 20.1. The molecule has 1 aromatic heterocycles. The minimum atomic E-state index is -4.63. The molecule has 0 radical (unpaired) electrons. The van der Waals surface area contributed by atoms with E-state index < -0.39 is 23.5 Å². The van der Waals surface area contributed by atoms with E-state index in [0.29, 0.717) is 17.3 Å². The van der Waals surface area contributed by atoms with Gasteiger partial charge in [-0.2, -0.15) is 13.2 Å². The monoisotopic (exact) mass is 391 g/mol. The molecule has 4 rings (SSSR count). The number of aromatic nitrogens is 1. The van der Waals surface area contributed by atoms with Gasteiger partial charge in [0, 0.05) is 29.1 Å². The molecule has 146 valence electrons. The summed E-state index contributed by atoms with van der Waals surface area (Å²) in [5.74, 6) is -1.39. The van der Waals surface area contributed by atoms with Crippen molar-refractivity contribution in [2.45, 2.75) is 31.5 Å². The van der Waals surface area contributed by atoms with Crippen LogP contribution < -0.4 is 0 Å². The van der Waals surface area contributed by atoms with Gasteiger partial charge in [0.25, 0.3) is 0 Å². The fraction of sp³-hybridized carbons (Fsp3) is 0.286. The van der Waals surface area contributed by atoms with Crippen molar-refractivity contribution in [2.75, 3.05) is 7.11 Å². The predicted molar refractivity (Wildman–Crippen MR) is 95.8 cm³/mol. The Balaban J connectivity index is 1.81. The van der Waals surface area contributed by atoms with Gasteiger partial charge in [-0.25, -0.2) is 9.18 Å². The number of nitrogens with zero attached hydrogens (tertiary/aromatic N) is 1. The lowest BCUT2D eigenvalue weighted by Crippen LogP contribution is -2.11. The first kappa shape index (κ1) is 18.5. The summed E-state index contributed by atoms with van der Waals surface area (Å²) in [6.45, 7) is 0. The number of rotatable bonds is 4. The highest BCUT2D eigenvalue weighted by atomic mass is 19.4. The van der Waals surface area contributed by atoms with Gasteiger partial charge in [0.15, 0.2) is 0 Å². The summed E-state index contributed by atoms with van der Waals surface area (Å²) in [6.07, 6.45) is -2.71. The number of hydrogen-bond acceptors (Lipinski definition) is 2. The average molecular weight is 391 g/mol. The normalized spacial score (nSPS) is 14.5. The van der Waals surface area contributed by atoms with E-state index in [9.17, 15) is 22.4 Å². The van der Waals surface area contributed by atoms with E-state index in [0.717, 1.165) is 29.8 Å². The molecule has 1 aliphatic rings. The summed E-state index contributed by atoms with van der Waals surface area (Å²) in [6, 6.07) is 9.91. The van der Waals surface area contributed by atoms with E-state index in [1.807, 2.05) is 4.57 Å². The molecule has 0 saturated heterocycles. The van der Waals surface area contributed by atoms with Crippen LogP contribution in [0.4, 0.5) is 17.6 Å². The van der Waals surface area contributed by atoms with E-state index in [1.54, 1.807) is 24.3 Å². The highest BCUT2D eigenvalue weighted by molar-refractivity contribution is 5.95. The van der Waals surface area contributed by atoms with Crippen LogP contribution in [-0.4, -0.2) is 17.6 Å². The average Bonchev–Trinajstić information content (AvgIpc) is 3.42. The number of methoxy groups -OCH3 is 1. The molecule has 3 aromatic rings. The molecule has 2 aromatic carbocycles. The van der Waals surface area contributed by atoms with E-state index in [1.165, 1.54) is 13.2 Å². The number of ether oxygens (including phenoxy) is 1. The first-order valence-corrected chi connectivity index (χ1v) is 8.85. The Kier molecular flexibility index (Phi) is 4.40.